The number of ether oxygens (including phenoxy) is 1. The third-order valence-electron chi connectivity index (χ3n) is 5.50. The van der Waals surface area contributed by atoms with Gasteiger partial charge in [0.1, 0.15) is 0 Å². The average molecular weight is 521 g/mol. The predicted octanol–water partition coefficient (Wildman–Crippen LogP) is 2.48. The molecule has 1 fully saturated rings. The molecule has 2 aromatic heterocycles. The van der Waals surface area contributed by atoms with Gasteiger partial charge >= 0.3 is 176 Å². The molecule has 3 heterocycles. The molecule has 1 saturated heterocycles. The second-order valence-electron chi connectivity index (χ2n) is 7.93. The van der Waals surface area contributed by atoms with E-state index in [1.807, 2.05) is 48.5 Å². The molecule has 176 valence electrons. The van der Waals surface area contributed by atoms with E-state index < -0.39 is 15.8 Å². The van der Waals surface area contributed by atoms with E-state index in [0.29, 0.717) is 17.8 Å². The van der Waals surface area contributed by atoms with E-state index >= 15 is 0 Å². The van der Waals surface area contributed by atoms with Crippen molar-refractivity contribution in [3.63, 3.8) is 0 Å². The molecule has 34 heavy (non-hydrogen) atoms. The number of nitrogens with zero attached hydrogens (tertiary/aromatic N) is 2. The van der Waals surface area contributed by atoms with Crippen LogP contribution >= 0.6 is 0 Å². The third kappa shape index (κ3) is 6.43. The number of amides is 3. The summed E-state index contributed by atoms with van der Waals surface area (Å²) in [6.45, 7) is 1.23. The van der Waals surface area contributed by atoms with Crippen LogP contribution in [-0.2, 0) is 11.3 Å². The summed E-state index contributed by atoms with van der Waals surface area (Å²) in [5.41, 5.74) is 3.99. The molecule has 2 unspecified atom stereocenters. The van der Waals surface area contributed by atoms with Crippen LogP contribution in [0, 0.1) is 0 Å². The van der Waals surface area contributed by atoms with Crippen molar-refractivity contribution in [1.82, 2.24) is 20.6 Å². The standard InChI is InChI=1S/C25H28AsN5O3/c1-27-24(32)21-10-11-22(31-23(21)26-14-20-5-3-13-34-20)18-6-8-19(9-7-18)30-25(33)29-16-17-4-2-12-28-15-17/h2,4,6-12,15,20,26H,3,5,13-14,16H2,1H3,(H,27,32)(H2,29,30,33). The fourth-order valence-electron chi connectivity index (χ4n) is 3.67. The van der Waals surface area contributed by atoms with Gasteiger partial charge in [-0.2, -0.15) is 0 Å². The van der Waals surface area contributed by atoms with Gasteiger partial charge in [0.15, 0.2) is 0 Å². The van der Waals surface area contributed by atoms with E-state index in [-0.39, 0.29) is 18.0 Å². The molecule has 1 aliphatic rings. The topological polar surface area (TPSA) is 105 Å². The normalized spacial score (nSPS) is 15.4. The van der Waals surface area contributed by atoms with Crippen LogP contribution in [0.5, 0.6) is 0 Å². The summed E-state index contributed by atoms with van der Waals surface area (Å²) in [6, 6.07) is 14.7. The van der Waals surface area contributed by atoms with Crippen LogP contribution in [0.3, 0.4) is 0 Å². The van der Waals surface area contributed by atoms with E-state index in [0.717, 1.165) is 46.0 Å². The van der Waals surface area contributed by atoms with E-state index in [4.69, 9.17) is 9.72 Å². The van der Waals surface area contributed by atoms with Gasteiger partial charge in [0.25, 0.3) is 0 Å². The van der Waals surface area contributed by atoms with Crippen molar-refractivity contribution in [3.8, 4) is 11.3 Å². The Morgan fingerprint density at radius 1 is 1.15 bits per heavy atom. The molecule has 3 aromatic rings. The van der Waals surface area contributed by atoms with Crippen molar-refractivity contribution in [2.75, 3.05) is 19.0 Å². The molecule has 0 saturated carbocycles. The zero-order chi connectivity index (χ0) is 23.8. The Morgan fingerprint density at radius 3 is 2.71 bits per heavy atom. The van der Waals surface area contributed by atoms with E-state index in [1.165, 1.54) is 0 Å². The second-order valence-corrected chi connectivity index (χ2v) is 10.5. The Labute approximate surface area is 205 Å². The summed E-state index contributed by atoms with van der Waals surface area (Å²) in [4.78, 5) is 33.5. The first-order valence-electron chi connectivity index (χ1n) is 11.2. The molecule has 3 amide bonds. The Bertz CT molecular complexity index is 1120. The van der Waals surface area contributed by atoms with Crippen molar-refractivity contribution in [3.05, 3.63) is 72.1 Å². The van der Waals surface area contributed by atoms with Crippen LogP contribution in [0.25, 0.3) is 11.3 Å². The summed E-state index contributed by atoms with van der Waals surface area (Å²) in [7, 11) is 1.64. The molecule has 1 aromatic carbocycles. The minimum atomic E-state index is -0.622. The molecule has 9 heteroatoms. The Kier molecular flexibility index (Phi) is 8.28. The maximum atomic E-state index is 12.4. The molecule has 1 aliphatic heterocycles. The van der Waals surface area contributed by atoms with Crippen LogP contribution in [0.4, 0.5) is 10.5 Å². The monoisotopic (exact) mass is 521 g/mol. The van der Waals surface area contributed by atoms with Crippen LogP contribution in [0.2, 0.25) is 5.21 Å². The minimum absolute atomic E-state index is 0.109. The third-order valence-corrected chi connectivity index (χ3v) is 8.39. The summed E-state index contributed by atoms with van der Waals surface area (Å²) in [5.74, 6) is -0.109. The van der Waals surface area contributed by atoms with E-state index in [9.17, 15) is 9.59 Å². The number of urea groups is 1. The Hall–Kier alpha value is -3.22. The molecule has 4 rings (SSSR count). The molecular formula is C25H28AsN5O3. The van der Waals surface area contributed by atoms with Crippen molar-refractivity contribution < 1.29 is 14.3 Å². The van der Waals surface area contributed by atoms with Crippen molar-refractivity contribution in [2.45, 2.75) is 30.7 Å². The van der Waals surface area contributed by atoms with Crippen molar-refractivity contribution in [2.24, 2.45) is 0 Å². The molecule has 0 bridgehead atoms. The average Bonchev–Trinajstić information content (AvgIpc) is 3.40. The van der Waals surface area contributed by atoms with Gasteiger partial charge in [0.05, 0.1) is 0 Å². The van der Waals surface area contributed by atoms with Gasteiger partial charge in [-0.3, -0.25) is 4.98 Å². The molecule has 2 atom stereocenters. The number of benzene rings is 1. The van der Waals surface area contributed by atoms with Gasteiger partial charge in [-0.25, -0.2) is 0 Å². The number of carbonyl (C=O) groups excluding carboxylic acids is 2. The van der Waals surface area contributed by atoms with E-state index in [1.54, 1.807) is 19.4 Å². The molecule has 3 N–H and O–H groups in total. The van der Waals surface area contributed by atoms with Gasteiger partial charge in [0.2, 0.25) is 0 Å². The zero-order valence-electron chi connectivity index (χ0n) is 19.0. The van der Waals surface area contributed by atoms with Gasteiger partial charge in [-0.1, -0.05) is 6.07 Å². The van der Waals surface area contributed by atoms with Crippen molar-refractivity contribution >= 4 is 37.9 Å². The van der Waals surface area contributed by atoms with Crippen LogP contribution in [-0.4, -0.2) is 57.4 Å². The first-order valence-corrected chi connectivity index (χ1v) is 13.8. The molecule has 0 radical (unpaired) electrons. The second kappa shape index (κ2) is 11.8. The summed E-state index contributed by atoms with van der Waals surface area (Å²) >= 11 is -0.622. The molecular weight excluding hydrogens is 493 g/mol. The number of hydrogen-bond acceptors (Lipinski definition) is 5. The van der Waals surface area contributed by atoms with Gasteiger partial charge in [0, 0.05) is 12.4 Å². The fourth-order valence-corrected chi connectivity index (χ4v) is 6.46. The number of nitrogens with one attached hydrogen (secondary N) is 3. The van der Waals surface area contributed by atoms with Gasteiger partial charge < -0.3 is 0 Å². The first-order chi connectivity index (χ1) is 16.6. The quantitative estimate of drug-likeness (QED) is 0.395. The summed E-state index contributed by atoms with van der Waals surface area (Å²) < 4.78 is 6.66. The number of pyridine rings is 2. The molecule has 0 spiro atoms. The number of aromatic nitrogens is 2. The van der Waals surface area contributed by atoms with Crippen LogP contribution in [0.1, 0.15) is 28.8 Å². The fraction of sp³-hybridized carbons (Fsp3) is 0.280. The van der Waals surface area contributed by atoms with Gasteiger partial charge in [-0.15, -0.1) is 0 Å². The molecule has 8 nitrogen and oxygen atoms in total. The van der Waals surface area contributed by atoms with Crippen LogP contribution in [0.15, 0.2) is 60.9 Å². The first kappa shape index (κ1) is 23.9. The zero-order valence-corrected chi connectivity index (χ0v) is 21.1. The maximum absolute atomic E-state index is 12.4. The SMILES string of the molecule is CNC(=O)c1ccc(-c2ccc(NC(=O)NCc3cccnc3)cc2)nc1[AsH]CC1CCCO1. The van der Waals surface area contributed by atoms with E-state index in [2.05, 4.69) is 20.9 Å². The number of anilines is 1. The predicted molar refractivity (Wildman–Crippen MR) is 134 cm³/mol. The summed E-state index contributed by atoms with van der Waals surface area (Å²) in [5, 5.41) is 9.33. The number of hydrogen-bond donors (Lipinski definition) is 3. The van der Waals surface area contributed by atoms with Gasteiger partial charge in [-0.05, 0) is 6.07 Å². The Balaban J connectivity index is 1.41. The van der Waals surface area contributed by atoms with Crippen molar-refractivity contribution in [1.29, 1.82) is 0 Å². The number of rotatable bonds is 8. The Morgan fingerprint density at radius 2 is 2.00 bits per heavy atom. The molecule has 0 aliphatic carbocycles. The summed E-state index contributed by atoms with van der Waals surface area (Å²) in [6.07, 6.45) is 5.89. The number of carbonyl (C=O) groups is 2. The van der Waals surface area contributed by atoms with Crippen LogP contribution < -0.4 is 20.4 Å².